The number of β-amino-alcohol motifs (C(OH)–C–C–N with tert-alkyl or cyclic N) is 1. The van der Waals surface area contributed by atoms with Crippen molar-refractivity contribution >= 4 is 53.1 Å². The van der Waals surface area contributed by atoms with Crippen molar-refractivity contribution in [2.75, 3.05) is 25.0 Å². The first-order valence-electron chi connectivity index (χ1n) is 7.36. The van der Waals surface area contributed by atoms with Crippen molar-refractivity contribution in [1.29, 1.82) is 0 Å². The summed E-state index contributed by atoms with van der Waals surface area (Å²) in [6.45, 7) is 2.45. The third kappa shape index (κ3) is 5.22. The van der Waals surface area contributed by atoms with Gasteiger partial charge in [0.2, 0.25) is 11.8 Å². The fraction of sp³-hybridized carbons (Fsp3) is 0.467. The number of hydrogen-bond acceptors (Lipinski definition) is 4. The van der Waals surface area contributed by atoms with Crippen molar-refractivity contribution in [2.45, 2.75) is 25.5 Å². The molecule has 2 atom stereocenters. The Morgan fingerprint density at radius 3 is 2.50 bits per heavy atom. The predicted molar refractivity (Wildman–Crippen MR) is 97.0 cm³/mol. The van der Waals surface area contributed by atoms with E-state index >= 15 is 0 Å². The molecule has 0 radical (unpaired) electrons. The van der Waals surface area contributed by atoms with Gasteiger partial charge >= 0.3 is 0 Å². The van der Waals surface area contributed by atoms with Gasteiger partial charge in [-0.25, -0.2) is 0 Å². The topological polar surface area (TPSA) is 81.7 Å². The maximum Gasteiger partial charge on any atom is 0.244 e. The van der Waals surface area contributed by atoms with Crippen molar-refractivity contribution in [3.05, 3.63) is 28.2 Å². The summed E-state index contributed by atoms with van der Waals surface area (Å²) in [7, 11) is 0. The van der Waals surface area contributed by atoms with Crippen LogP contribution in [-0.4, -0.2) is 53.6 Å². The van der Waals surface area contributed by atoms with Crippen LogP contribution in [0.3, 0.4) is 0 Å². The maximum absolute atomic E-state index is 12.4. The summed E-state index contributed by atoms with van der Waals surface area (Å²) < 4.78 is 0. The molecule has 9 heteroatoms. The average Bonchev–Trinajstić information content (AvgIpc) is 2.94. The Bertz CT molecular complexity index is 580. The van der Waals surface area contributed by atoms with Gasteiger partial charge in [-0.1, -0.05) is 29.3 Å². The quantitative estimate of drug-likeness (QED) is 0.710. The molecule has 134 valence electrons. The molecule has 3 N–H and O–H groups in total. The van der Waals surface area contributed by atoms with Gasteiger partial charge in [-0.3, -0.25) is 9.59 Å². The van der Waals surface area contributed by atoms with Crippen LogP contribution < -0.4 is 10.6 Å². The number of amides is 2. The smallest absolute Gasteiger partial charge is 0.244 e. The fourth-order valence-corrected chi connectivity index (χ4v) is 2.93. The van der Waals surface area contributed by atoms with Gasteiger partial charge in [0.05, 0.1) is 34.4 Å². The zero-order chi connectivity index (χ0) is 17.0. The molecule has 24 heavy (non-hydrogen) atoms. The van der Waals surface area contributed by atoms with Crippen LogP contribution in [0.2, 0.25) is 10.0 Å². The normalized spacial score (nSPS) is 19.5. The molecule has 6 nitrogen and oxygen atoms in total. The standard InChI is InChI=1S/C15H19Cl2N3O3.ClH/c1-2-20(15(23)12-6-9(21)7-18-12)8-13(22)19-14-10(16)4-3-5-11(14)17;/h3-5,9,12,18,21H,2,6-8H2,1H3,(H,19,22);1H. The molecule has 1 aromatic rings. The zero-order valence-electron chi connectivity index (χ0n) is 13.1. The van der Waals surface area contributed by atoms with Crippen LogP contribution in [-0.2, 0) is 9.59 Å². The third-order valence-electron chi connectivity index (χ3n) is 3.66. The van der Waals surface area contributed by atoms with E-state index < -0.39 is 12.1 Å². The van der Waals surface area contributed by atoms with Crippen LogP contribution in [0, 0.1) is 0 Å². The second-order valence-corrected chi connectivity index (χ2v) is 6.16. The van der Waals surface area contributed by atoms with Crippen LogP contribution in [0.4, 0.5) is 5.69 Å². The van der Waals surface area contributed by atoms with E-state index in [-0.39, 0.29) is 30.8 Å². The summed E-state index contributed by atoms with van der Waals surface area (Å²) in [5.74, 6) is -0.585. The summed E-state index contributed by atoms with van der Waals surface area (Å²) >= 11 is 12.0. The molecular formula is C15H20Cl3N3O3. The number of aliphatic hydroxyl groups excluding tert-OH is 1. The number of carbonyl (C=O) groups is 2. The van der Waals surface area contributed by atoms with Gasteiger partial charge in [-0.15, -0.1) is 12.4 Å². The number of hydrogen-bond donors (Lipinski definition) is 3. The lowest BCUT2D eigenvalue weighted by atomic mass is 10.2. The van der Waals surface area contributed by atoms with E-state index in [1.807, 2.05) is 0 Å². The highest BCUT2D eigenvalue weighted by molar-refractivity contribution is 6.39. The van der Waals surface area contributed by atoms with Gasteiger partial charge in [-0.2, -0.15) is 0 Å². The molecule has 0 spiro atoms. The molecule has 1 saturated heterocycles. The molecule has 1 fully saturated rings. The second kappa shape index (κ2) is 9.44. The van der Waals surface area contributed by atoms with Crippen LogP contribution in [0.25, 0.3) is 0 Å². The van der Waals surface area contributed by atoms with Gasteiger partial charge in [0.25, 0.3) is 0 Å². The van der Waals surface area contributed by atoms with Gasteiger partial charge in [0.15, 0.2) is 0 Å². The SMILES string of the molecule is CCN(CC(=O)Nc1c(Cl)cccc1Cl)C(=O)C1CC(O)CN1.Cl. The maximum atomic E-state index is 12.4. The molecule has 0 bridgehead atoms. The number of nitrogens with one attached hydrogen (secondary N) is 2. The van der Waals surface area contributed by atoms with Gasteiger partial charge in [0.1, 0.15) is 0 Å². The van der Waals surface area contributed by atoms with E-state index in [0.717, 1.165) is 0 Å². The molecule has 2 rings (SSSR count). The van der Waals surface area contributed by atoms with E-state index in [2.05, 4.69) is 10.6 Å². The summed E-state index contributed by atoms with van der Waals surface area (Å²) in [6.07, 6.45) is -0.175. The Morgan fingerprint density at radius 2 is 2.00 bits per heavy atom. The first-order valence-corrected chi connectivity index (χ1v) is 8.12. The van der Waals surface area contributed by atoms with Gasteiger partial charge in [0, 0.05) is 13.1 Å². The van der Waals surface area contributed by atoms with Crippen molar-refractivity contribution < 1.29 is 14.7 Å². The van der Waals surface area contributed by atoms with Crippen molar-refractivity contribution in [3.8, 4) is 0 Å². The number of para-hydroxylation sites is 1. The van der Waals surface area contributed by atoms with Crippen LogP contribution in [0.15, 0.2) is 18.2 Å². The number of nitrogens with zero attached hydrogens (tertiary/aromatic N) is 1. The minimum Gasteiger partial charge on any atom is -0.392 e. The van der Waals surface area contributed by atoms with Gasteiger partial charge < -0.3 is 20.6 Å². The van der Waals surface area contributed by atoms with Crippen LogP contribution >= 0.6 is 35.6 Å². The number of benzene rings is 1. The Balaban J connectivity index is 0.00000288. The average molecular weight is 397 g/mol. The minimum absolute atomic E-state index is 0. The van der Waals surface area contributed by atoms with E-state index in [9.17, 15) is 14.7 Å². The summed E-state index contributed by atoms with van der Waals surface area (Å²) in [5.41, 5.74) is 0.332. The molecule has 0 aliphatic carbocycles. The van der Waals surface area contributed by atoms with E-state index in [4.69, 9.17) is 23.2 Å². The van der Waals surface area contributed by atoms with E-state index in [0.29, 0.717) is 35.2 Å². The Kier molecular flexibility index (Phi) is 8.26. The van der Waals surface area contributed by atoms with Crippen molar-refractivity contribution in [1.82, 2.24) is 10.2 Å². The first kappa shape index (κ1) is 21.0. The number of rotatable bonds is 5. The van der Waals surface area contributed by atoms with Crippen molar-refractivity contribution in [3.63, 3.8) is 0 Å². The molecule has 1 aliphatic heterocycles. The Labute approximate surface area is 156 Å². The number of halogens is 3. The number of anilines is 1. The summed E-state index contributed by atoms with van der Waals surface area (Å²) in [4.78, 5) is 26.0. The van der Waals surface area contributed by atoms with Gasteiger partial charge in [-0.05, 0) is 25.5 Å². The summed E-state index contributed by atoms with van der Waals surface area (Å²) in [6, 6.07) is 4.46. The van der Waals surface area contributed by atoms with E-state index in [1.165, 1.54) is 4.90 Å². The highest BCUT2D eigenvalue weighted by Crippen LogP contribution is 2.29. The molecule has 0 aromatic heterocycles. The second-order valence-electron chi connectivity index (χ2n) is 5.35. The molecular weight excluding hydrogens is 377 g/mol. The lowest BCUT2D eigenvalue weighted by molar-refractivity contribution is -0.136. The molecule has 1 heterocycles. The Morgan fingerprint density at radius 1 is 1.38 bits per heavy atom. The number of carbonyl (C=O) groups excluding carboxylic acids is 2. The molecule has 2 amide bonds. The molecule has 1 aliphatic rings. The van der Waals surface area contributed by atoms with Crippen LogP contribution in [0.5, 0.6) is 0 Å². The highest BCUT2D eigenvalue weighted by atomic mass is 35.5. The number of aliphatic hydroxyl groups is 1. The Hall–Kier alpha value is -1.05. The zero-order valence-corrected chi connectivity index (χ0v) is 15.4. The monoisotopic (exact) mass is 395 g/mol. The number of likely N-dealkylation sites (N-methyl/N-ethyl adjacent to an activating group) is 1. The molecule has 0 saturated carbocycles. The highest BCUT2D eigenvalue weighted by Gasteiger charge is 2.31. The third-order valence-corrected chi connectivity index (χ3v) is 4.29. The van der Waals surface area contributed by atoms with Crippen LogP contribution in [0.1, 0.15) is 13.3 Å². The van der Waals surface area contributed by atoms with Crippen molar-refractivity contribution in [2.24, 2.45) is 0 Å². The molecule has 1 aromatic carbocycles. The predicted octanol–water partition coefficient (Wildman–Crippen LogP) is 1.92. The van der Waals surface area contributed by atoms with E-state index in [1.54, 1.807) is 25.1 Å². The fourth-order valence-electron chi connectivity index (χ4n) is 2.44. The lowest BCUT2D eigenvalue weighted by Gasteiger charge is -2.24. The first-order chi connectivity index (χ1) is 10.9. The summed E-state index contributed by atoms with van der Waals surface area (Å²) in [5, 5.41) is 15.7. The largest absolute Gasteiger partial charge is 0.392 e. The molecule has 2 unspecified atom stereocenters. The minimum atomic E-state index is -0.529. The lowest BCUT2D eigenvalue weighted by Crippen LogP contribution is -2.46.